The van der Waals surface area contributed by atoms with Crippen LogP contribution in [0.25, 0.3) is 77.4 Å². The second kappa shape index (κ2) is 8.85. The van der Waals surface area contributed by atoms with Gasteiger partial charge in [-0.2, -0.15) is 0 Å². The average Bonchev–Trinajstić information content (AvgIpc) is 3.60. The number of aromatic nitrogens is 5. The van der Waals surface area contributed by atoms with Crippen molar-refractivity contribution in [3.63, 3.8) is 0 Å². The van der Waals surface area contributed by atoms with Gasteiger partial charge in [-0.25, -0.2) is 9.97 Å². The van der Waals surface area contributed by atoms with Crippen molar-refractivity contribution in [2.24, 2.45) is 0 Å². The first-order chi connectivity index (χ1) is 20.9. The fraction of sp³-hybridized carbons (Fsp3) is 0. The van der Waals surface area contributed by atoms with E-state index in [1.165, 1.54) is 10.8 Å². The number of hydrogen-bond donors (Lipinski definition) is 0. The summed E-state index contributed by atoms with van der Waals surface area (Å²) in [4.78, 5) is 14.8. The van der Waals surface area contributed by atoms with Crippen molar-refractivity contribution in [3.05, 3.63) is 140 Å². The molecule has 42 heavy (non-hydrogen) atoms. The van der Waals surface area contributed by atoms with E-state index >= 15 is 0 Å². The molecule has 0 radical (unpaired) electrons. The zero-order valence-electron chi connectivity index (χ0n) is 22.5. The molecule has 196 valence electrons. The molecule has 5 nitrogen and oxygen atoms in total. The number of fused-ring (bicyclic) bond motifs is 10. The number of benzene rings is 5. The third kappa shape index (κ3) is 3.16. The van der Waals surface area contributed by atoms with Crippen molar-refractivity contribution in [1.82, 2.24) is 24.1 Å². The summed E-state index contributed by atoms with van der Waals surface area (Å²) in [5.74, 6) is 1.51. The van der Waals surface area contributed by atoms with Crippen molar-refractivity contribution in [2.75, 3.05) is 0 Å². The Kier molecular flexibility index (Phi) is 4.83. The van der Waals surface area contributed by atoms with Crippen LogP contribution in [-0.2, 0) is 0 Å². The molecule has 0 aliphatic heterocycles. The fourth-order valence-corrected chi connectivity index (χ4v) is 6.53. The van der Waals surface area contributed by atoms with Crippen LogP contribution in [0.1, 0.15) is 0 Å². The van der Waals surface area contributed by atoms with E-state index in [2.05, 4.69) is 99.0 Å². The summed E-state index contributed by atoms with van der Waals surface area (Å²) in [6.45, 7) is 0. The van der Waals surface area contributed by atoms with E-state index in [1.807, 2.05) is 54.9 Å². The molecule has 0 aliphatic rings. The Labute approximate surface area is 241 Å². The van der Waals surface area contributed by atoms with Gasteiger partial charge in [0.25, 0.3) is 0 Å². The molecule has 0 aliphatic carbocycles. The van der Waals surface area contributed by atoms with Gasteiger partial charge in [-0.1, -0.05) is 91.0 Å². The third-order valence-electron chi connectivity index (χ3n) is 8.20. The molecule has 0 saturated heterocycles. The second-order valence-corrected chi connectivity index (χ2v) is 10.5. The van der Waals surface area contributed by atoms with Gasteiger partial charge in [0, 0.05) is 50.6 Å². The van der Waals surface area contributed by atoms with E-state index < -0.39 is 0 Å². The van der Waals surface area contributed by atoms with Gasteiger partial charge in [-0.05, 0) is 36.4 Å². The highest BCUT2D eigenvalue weighted by Crippen LogP contribution is 2.45. The first-order valence-electron chi connectivity index (χ1n) is 14.1. The molecule has 9 aromatic rings. The minimum absolute atomic E-state index is 0.692. The molecule has 4 heterocycles. The van der Waals surface area contributed by atoms with E-state index in [0.717, 1.165) is 60.8 Å². The molecule has 9 rings (SSSR count). The van der Waals surface area contributed by atoms with Crippen LogP contribution in [-0.4, -0.2) is 24.1 Å². The summed E-state index contributed by atoms with van der Waals surface area (Å²) in [6, 6.07) is 44.3. The number of hydrogen-bond acceptors (Lipinski definition) is 3. The lowest BCUT2D eigenvalue weighted by Gasteiger charge is -2.13. The van der Waals surface area contributed by atoms with E-state index in [1.54, 1.807) is 0 Å². The van der Waals surface area contributed by atoms with Crippen LogP contribution in [0, 0.1) is 0 Å². The second-order valence-electron chi connectivity index (χ2n) is 10.5. The highest BCUT2D eigenvalue weighted by atomic mass is 15.1. The zero-order chi connectivity index (χ0) is 27.6. The normalized spacial score (nSPS) is 11.8. The first kappa shape index (κ1) is 22.9. The van der Waals surface area contributed by atoms with Crippen molar-refractivity contribution in [3.8, 4) is 22.9 Å². The van der Waals surface area contributed by atoms with Gasteiger partial charge in [0.2, 0.25) is 0 Å². The Balaban J connectivity index is 1.57. The summed E-state index contributed by atoms with van der Waals surface area (Å²) < 4.78 is 4.70. The largest absolute Gasteiger partial charge is 0.307 e. The summed E-state index contributed by atoms with van der Waals surface area (Å²) in [5, 5.41) is 5.78. The predicted molar refractivity (Wildman–Crippen MR) is 171 cm³/mol. The predicted octanol–water partition coefficient (Wildman–Crippen LogP) is 8.89. The molecule has 0 saturated carbocycles. The molecular formula is C37H23N5. The van der Waals surface area contributed by atoms with E-state index in [0.29, 0.717) is 5.82 Å². The number of pyridine rings is 1. The highest BCUT2D eigenvalue weighted by Gasteiger charge is 2.25. The maximum Gasteiger partial charge on any atom is 0.161 e. The maximum atomic E-state index is 5.15. The number of para-hydroxylation sites is 3. The summed E-state index contributed by atoms with van der Waals surface area (Å²) in [6.07, 6.45) is 3.75. The Hall–Kier alpha value is -5.81. The summed E-state index contributed by atoms with van der Waals surface area (Å²) in [5.41, 5.74) is 7.52. The van der Waals surface area contributed by atoms with Crippen LogP contribution in [0.4, 0.5) is 0 Å². The SMILES string of the molecule is c1ccc(-c2nccc(-n3c4ccccc4c4c5ncccc5c5c6ccccc6n(-c6ccccc6)c5c43)n2)cc1. The van der Waals surface area contributed by atoms with E-state index in [9.17, 15) is 0 Å². The standard InChI is InChI=1S/C37H23N5/c1-3-12-24(13-4-1)37-39-23-21-31(40-37)42-30-20-10-8-17-27(30)33-34-28(18-11-22-38-34)32-26-16-7-9-19-29(26)41(35(32)36(33)42)25-14-5-2-6-15-25/h1-23H. The van der Waals surface area contributed by atoms with Crippen molar-refractivity contribution in [1.29, 1.82) is 0 Å². The first-order valence-corrected chi connectivity index (χ1v) is 14.1. The number of rotatable bonds is 3. The summed E-state index contributed by atoms with van der Waals surface area (Å²) >= 11 is 0. The van der Waals surface area contributed by atoms with Gasteiger partial charge in [0.05, 0.1) is 27.6 Å². The molecule has 0 amide bonds. The molecule has 0 N–H and O–H groups in total. The Morgan fingerprint density at radius 3 is 1.86 bits per heavy atom. The van der Waals surface area contributed by atoms with Crippen LogP contribution < -0.4 is 0 Å². The van der Waals surface area contributed by atoms with Crippen LogP contribution in [0.3, 0.4) is 0 Å². The average molecular weight is 538 g/mol. The summed E-state index contributed by atoms with van der Waals surface area (Å²) in [7, 11) is 0. The minimum Gasteiger partial charge on any atom is -0.307 e. The molecule has 5 aromatic carbocycles. The smallest absolute Gasteiger partial charge is 0.161 e. The Morgan fingerprint density at radius 1 is 0.452 bits per heavy atom. The molecule has 4 aromatic heterocycles. The van der Waals surface area contributed by atoms with Gasteiger partial charge in [0.1, 0.15) is 5.82 Å². The number of nitrogens with zero attached hydrogens (tertiary/aromatic N) is 5. The minimum atomic E-state index is 0.692. The van der Waals surface area contributed by atoms with Crippen molar-refractivity contribution >= 4 is 54.5 Å². The van der Waals surface area contributed by atoms with Crippen molar-refractivity contribution < 1.29 is 0 Å². The molecule has 0 unspecified atom stereocenters. The van der Waals surface area contributed by atoms with Crippen LogP contribution in [0.15, 0.2) is 140 Å². The third-order valence-corrected chi connectivity index (χ3v) is 8.20. The van der Waals surface area contributed by atoms with Crippen LogP contribution in [0.5, 0.6) is 0 Å². The molecule has 5 heteroatoms. The van der Waals surface area contributed by atoms with Crippen LogP contribution in [0.2, 0.25) is 0 Å². The topological polar surface area (TPSA) is 48.5 Å². The maximum absolute atomic E-state index is 5.15. The monoisotopic (exact) mass is 537 g/mol. The fourth-order valence-electron chi connectivity index (χ4n) is 6.53. The quantitative estimate of drug-likeness (QED) is 0.226. The molecule has 0 fully saturated rings. The molecule has 0 atom stereocenters. The van der Waals surface area contributed by atoms with Gasteiger partial charge in [-0.15, -0.1) is 0 Å². The highest BCUT2D eigenvalue weighted by molar-refractivity contribution is 6.35. The lowest BCUT2D eigenvalue weighted by atomic mass is 10.0. The van der Waals surface area contributed by atoms with Crippen molar-refractivity contribution in [2.45, 2.75) is 0 Å². The van der Waals surface area contributed by atoms with E-state index in [-0.39, 0.29) is 0 Å². The molecular weight excluding hydrogens is 514 g/mol. The Bertz CT molecular complexity index is 2450. The van der Waals surface area contributed by atoms with Gasteiger partial charge < -0.3 is 4.57 Å². The lowest BCUT2D eigenvalue weighted by Crippen LogP contribution is -2.02. The van der Waals surface area contributed by atoms with Gasteiger partial charge in [0.15, 0.2) is 5.82 Å². The molecule has 0 bridgehead atoms. The zero-order valence-corrected chi connectivity index (χ0v) is 22.5. The van der Waals surface area contributed by atoms with E-state index in [4.69, 9.17) is 9.97 Å². The Morgan fingerprint density at radius 2 is 1.07 bits per heavy atom. The van der Waals surface area contributed by atoms with Gasteiger partial charge in [-0.3, -0.25) is 9.55 Å². The van der Waals surface area contributed by atoms with Gasteiger partial charge >= 0.3 is 0 Å². The lowest BCUT2D eigenvalue weighted by molar-refractivity contribution is 1.04. The van der Waals surface area contributed by atoms with Crippen LogP contribution >= 0.6 is 0 Å². The molecule has 0 spiro atoms.